The summed E-state index contributed by atoms with van der Waals surface area (Å²) >= 11 is 0. The molecule has 0 aliphatic rings. The van der Waals surface area contributed by atoms with Crippen LogP contribution in [0.25, 0.3) is 0 Å². The summed E-state index contributed by atoms with van der Waals surface area (Å²) in [6.45, 7) is 3.99. The molecule has 0 aromatic carbocycles. The van der Waals surface area contributed by atoms with Crippen molar-refractivity contribution in [3.63, 3.8) is 0 Å². The first-order chi connectivity index (χ1) is 4.79. The minimum Gasteiger partial charge on any atom is -0.489 e. The number of hydrogen-bond acceptors (Lipinski definition) is 2. The lowest BCUT2D eigenvalue weighted by Crippen LogP contribution is -2.05. The molecule has 0 N–H and O–H groups in total. The van der Waals surface area contributed by atoms with E-state index >= 15 is 0 Å². The van der Waals surface area contributed by atoms with Crippen LogP contribution in [0.15, 0.2) is 24.5 Å². The molecule has 0 saturated heterocycles. The molecule has 2 heteroatoms. The predicted molar refractivity (Wildman–Crippen MR) is 40.0 cm³/mol. The van der Waals surface area contributed by atoms with Crippen molar-refractivity contribution in [1.29, 1.82) is 0 Å². The Balaban J connectivity index is 2.59. The first-order valence-electron chi connectivity index (χ1n) is 3.35. The van der Waals surface area contributed by atoms with Crippen molar-refractivity contribution in [3.8, 4) is 5.75 Å². The van der Waals surface area contributed by atoms with Crippen molar-refractivity contribution in [2.45, 2.75) is 20.0 Å². The van der Waals surface area contributed by atoms with Gasteiger partial charge in [-0.2, -0.15) is 0 Å². The zero-order valence-corrected chi connectivity index (χ0v) is 6.24. The van der Waals surface area contributed by atoms with Gasteiger partial charge in [-0.05, 0) is 26.0 Å². The third-order valence-electron chi connectivity index (χ3n) is 1.01. The van der Waals surface area contributed by atoms with E-state index in [-0.39, 0.29) is 6.10 Å². The van der Waals surface area contributed by atoms with Gasteiger partial charge in [-0.3, -0.25) is 4.98 Å². The zero-order valence-electron chi connectivity index (χ0n) is 6.24. The van der Waals surface area contributed by atoms with Gasteiger partial charge in [0, 0.05) is 6.20 Å². The van der Waals surface area contributed by atoms with E-state index in [2.05, 4.69) is 4.98 Å². The highest BCUT2D eigenvalue weighted by Crippen LogP contribution is 2.07. The Morgan fingerprint density at radius 2 is 2.30 bits per heavy atom. The van der Waals surface area contributed by atoms with E-state index in [0.29, 0.717) is 0 Å². The number of hydrogen-bond donors (Lipinski definition) is 0. The molecule has 0 unspecified atom stereocenters. The van der Waals surface area contributed by atoms with Gasteiger partial charge in [0.2, 0.25) is 0 Å². The summed E-state index contributed by atoms with van der Waals surface area (Å²) in [6, 6.07) is 3.75. The Labute approximate surface area is 60.9 Å². The maximum Gasteiger partial charge on any atom is 0.137 e. The summed E-state index contributed by atoms with van der Waals surface area (Å²) in [6.07, 6.45) is 3.66. The summed E-state index contributed by atoms with van der Waals surface area (Å²) < 4.78 is 5.35. The molecule has 0 bridgehead atoms. The van der Waals surface area contributed by atoms with Crippen molar-refractivity contribution in [2.75, 3.05) is 0 Å². The second kappa shape index (κ2) is 3.20. The van der Waals surface area contributed by atoms with Gasteiger partial charge in [-0.15, -0.1) is 0 Å². The fraction of sp³-hybridized carbons (Fsp3) is 0.375. The van der Waals surface area contributed by atoms with E-state index in [0.717, 1.165) is 5.75 Å². The van der Waals surface area contributed by atoms with Gasteiger partial charge in [-0.25, -0.2) is 0 Å². The first kappa shape index (κ1) is 7.06. The quantitative estimate of drug-likeness (QED) is 0.620. The van der Waals surface area contributed by atoms with Gasteiger partial charge in [0.05, 0.1) is 12.3 Å². The summed E-state index contributed by atoms with van der Waals surface area (Å²) in [5.74, 6) is 0.831. The molecule has 2 nitrogen and oxygen atoms in total. The van der Waals surface area contributed by atoms with Crippen molar-refractivity contribution >= 4 is 0 Å². The van der Waals surface area contributed by atoms with Crippen LogP contribution in [0, 0.1) is 0 Å². The largest absolute Gasteiger partial charge is 0.489 e. The van der Waals surface area contributed by atoms with Crippen LogP contribution in [-0.2, 0) is 0 Å². The molecule has 1 aromatic heterocycles. The summed E-state index contributed by atoms with van der Waals surface area (Å²) in [7, 11) is 0. The molecule has 0 saturated carbocycles. The summed E-state index contributed by atoms with van der Waals surface area (Å²) in [5, 5.41) is 0. The maximum absolute atomic E-state index is 5.35. The third-order valence-corrected chi connectivity index (χ3v) is 1.01. The van der Waals surface area contributed by atoms with Crippen molar-refractivity contribution in [3.05, 3.63) is 24.5 Å². The Hall–Kier alpha value is -1.05. The Morgan fingerprint density at radius 1 is 1.50 bits per heavy atom. The topological polar surface area (TPSA) is 22.1 Å². The van der Waals surface area contributed by atoms with E-state index in [1.54, 1.807) is 12.4 Å². The molecule has 10 heavy (non-hydrogen) atoms. The molecule has 0 aliphatic heterocycles. The van der Waals surface area contributed by atoms with Crippen LogP contribution in [0.2, 0.25) is 0 Å². The molecular weight excluding hydrogens is 126 g/mol. The van der Waals surface area contributed by atoms with Gasteiger partial charge in [0.25, 0.3) is 0 Å². The van der Waals surface area contributed by atoms with Gasteiger partial charge in [0.1, 0.15) is 5.75 Å². The van der Waals surface area contributed by atoms with Crippen molar-refractivity contribution < 1.29 is 4.74 Å². The molecule has 1 heterocycles. The van der Waals surface area contributed by atoms with Crippen LogP contribution in [0.5, 0.6) is 5.75 Å². The number of ether oxygens (including phenoxy) is 1. The fourth-order valence-electron chi connectivity index (χ4n) is 0.689. The smallest absolute Gasteiger partial charge is 0.137 e. The highest BCUT2D eigenvalue weighted by molar-refractivity contribution is 5.15. The number of aromatic nitrogens is 1. The Morgan fingerprint density at radius 3 is 2.80 bits per heavy atom. The SMILES string of the molecule is CC(C)Oc1cccnc1. The second-order valence-corrected chi connectivity index (χ2v) is 2.36. The molecule has 1 rings (SSSR count). The predicted octanol–water partition coefficient (Wildman–Crippen LogP) is 1.87. The van der Waals surface area contributed by atoms with Gasteiger partial charge < -0.3 is 4.74 Å². The minimum atomic E-state index is 0.226. The lowest BCUT2D eigenvalue weighted by Gasteiger charge is -2.07. The maximum atomic E-state index is 5.35. The van der Waals surface area contributed by atoms with E-state index in [1.165, 1.54) is 0 Å². The highest BCUT2D eigenvalue weighted by atomic mass is 16.5. The molecule has 0 amide bonds. The monoisotopic (exact) mass is 137 g/mol. The fourth-order valence-corrected chi connectivity index (χ4v) is 0.689. The van der Waals surface area contributed by atoms with E-state index in [4.69, 9.17) is 4.74 Å². The van der Waals surface area contributed by atoms with E-state index in [9.17, 15) is 0 Å². The third kappa shape index (κ3) is 2.05. The van der Waals surface area contributed by atoms with E-state index < -0.39 is 0 Å². The molecule has 1 aromatic rings. The molecule has 54 valence electrons. The number of rotatable bonds is 2. The van der Waals surface area contributed by atoms with Crippen molar-refractivity contribution in [2.24, 2.45) is 0 Å². The van der Waals surface area contributed by atoms with Crippen LogP contribution in [-0.4, -0.2) is 11.1 Å². The van der Waals surface area contributed by atoms with Gasteiger partial charge in [0.15, 0.2) is 0 Å². The van der Waals surface area contributed by atoms with Gasteiger partial charge >= 0.3 is 0 Å². The van der Waals surface area contributed by atoms with Crippen LogP contribution in [0.3, 0.4) is 0 Å². The average molecular weight is 137 g/mol. The Kier molecular flexibility index (Phi) is 2.26. The zero-order chi connectivity index (χ0) is 7.40. The van der Waals surface area contributed by atoms with Crippen LogP contribution < -0.4 is 4.74 Å². The standard InChI is InChI=1S/C8H11NO/c1-7(2)10-8-4-3-5-9-6-8/h3-7H,1-2H3. The van der Waals surface area contributed by atoms with Crippen LogP contribution >= 0.6 is 0 Å². The van der Waals surface area contributed by atoms with Gasteiger partial charge in [-0.1, -0.05) is 0 Å². The molecule has 0 radical (unpaired) electrons. The molecule has 0 aliphatic carbocycles. The highest BCUT2D eigenvalue weighted by Gasteiger charge is 1.93. The second-order valence-electron chi connectivity index (χ2n) is 2.36. The first-order valence-corrected chi connectivity index (χ1v) is 3.35. The van der Waals surface area contributed by atoms with Crippen molar-refractivity contribution in [1.82, 2.24) is 4.98 Å². The van der Waals surface area contributed by atoms with Crippen LogP contribution in [0.1, 0.15) is 13.8 Å². The molecular formula is C8H11NO. The normalized spacial score (nSPS) is 9.90. The summed E-state index contributed by atoms with van der Waals surface area (Å²) in [5.41, 5.74) is 0. The lowest BCUT2D eigenvalue weighted by atomic mass is 10.4. The number of pyridine rings is 1. The molecule has 0 spiro atoms. The average Bonchev–Trinajstić information content (AvgIpc) is 1.88. The number of nitrogens with zero attached hydrogens (tertiary/aromatic N) is 1. The molecule has 0 atom stereocenters. The van der Waals surface area contributed by atoms with E-state index in [1.807, 2.05) is 26.0 Å². The minimum absolute atomic E-state index is 0.226. The Bertz CT molecular complexity index is 184. The lowest BCUT2D eigenvalue weighted by molar-refractivity contribution is 0.241. The molecule has 0 fully saturated rings. The summed E-state index contributed by atoms with van der Waals surface area (Å²) in [4.78, 5) is 3.91. The van der Waals surface area contributed by atoms with Crippen LogP contribution in [0.4, 0.5) is 0 Å².